The van der Waals surface area contributed by atoms with Gasteiger partial charge in [-0.2, -0.15) is 0 Å². The molecule has 0 aromatic carbocycles. The van der Waals surface area contributed by atoms with E-state index in [1.807, 2.05) is 0 Å². The molecule has 6 fully saturated rings. The molecule has 7 rings (SSSR count). The van der Waals surface area contributed by atoms with Crippen LogP contribution >= 0.6 is 0 Å². The van der Waals surface area contributed by atoms with E-state index in [2.05, 4.69) is 76.4 Å². The van der Waals surface area contributed by atoms with E-state index >= 15 is 0 Å². The number of allylic oxidation sites excluding steroid dienone is 5. The molecule has 0 radical (unpaired) electrons. The van der Waals surface area contributed by atoms with Crippen LogP contribution in [-0.2, 0) is 14.3 Å². The maximum absolute atomic E-state index is 12.5. The third-order valence-electron chi connectivity index (χ3n) is 17.5. The molecule has 6 heteroatoms. The average molecular weight is 707 g/mol. The zero-order chi connectivity index (χ0) is 35.9. The molecule has 9 atom stereocenters. The maximum atomic E-state index is 12.5. The number of hydrogen-bond donors (Lipinski definition) is 2. The second-order valence-electron chi connectivity index (χ2n) is 20.0. The van der Waals surface area contributed by atoms with Gasteiger partial charge in [-0.3, -0.25) is 9.00 Å². The van der Waals surface area contributed by atoms with Crippen LogP contribution in [0.15, 0.2) is 35.5 Å². The number of carboxylic acid groups (broad SMARTS) is 1. The van der Waals surface area contributed by atoms with Gasteiger partial charge in [0.25, 0.3) is 0 Å². The Morgan fingerprint density at radius 2 is 1.66 bits per heavy atom. The molecular formula is C44H70N2O3S. The Balaban J connectivity index is 1.11. The Bertz CT molecular complexity index is 1520. The van der Waals surface area contributed by atoms with Crippen molar-refractivity contribution in [3.05, 3.63) is 35.5 Å². The summed E-state index contributed by atoms with van der Waals surface area (Å²) < 4.78 is 12.5. The molecule has 0 amide bonds. The molecule has 5 saturated carbocycles. The summed E-state index contributed by atoms with van der Waals surface area (Å²) >= 11 is 0. The van der Waals surface area contributed by atoms with Crippen LogP contribution in [0.1, 0.15) is 125 Å². The first-order valence-electron chi connectivity index (χ1n) is 20.5. The summed E-state index contributed by atoms with van der Waals surface area (Å²) in [5.74, 6) is 8.12. The topological polar surface area (TPSA) is 69.6 Å². The van der Waals surface area contributed by atoms with Crippen molar-refractivity contribution >= 4 is 21.4 Å². The first-order chi connectivity index (χ1) is 23.5. The Morgan fingerprint density at radius 1 is 0.960 bits per heavy atom. The van der Waals surface area contributed by atoms with Crippen molar-refractivity contribution in [1.29, 1.82) is 0 Å². The predicted octanol–water partition coefficient (Wildman–Crippen LogP) is 8.76. The van der Waals surface area contributed by atoms with Crippen LogP contribution in [0.4, 0.5) is 0 Å². The summed E-state index contributed by atoms with van der Waals surface area (Å²) in [5.41, 5.74) is 5.72. The number of rotatable bonds is 7. The van der Waals surface area contributed by atoms with Gasteiger partial charge in [-0.15, -0.1) is 0 Å². The zero-order valence-corrected chi connectivity index (χ0v) is 33.4. The third kappa shape index (κ3) is 5.87. The van der Waals surface area contributed by atoms with Gasteiger partial charge in [0.2, 0.25) is 0 Å². The van der Waals surface area contributed by atoms with Crippen LogP contribution in [0.2, 0.25) is 0 Å². The molecule has 5 nitrogen and oxygen atoms in total. The number of nitrogens with one attached hydrogen (secondary N) is 1. The highest BCUT2D eigenvalue weighted by molar-refractivity contribution is 8.00. The first kappa shape index (κ1) is 37.0. The highest BCUT2D eigenvalue weighted by atomic mass is 32.2. The standard InChI is InChI=1S/C44H70N2O3S/c1-30(2)34-16-20-44(45-23-24-46-25-27-50(8,49)28-26-46)22-21-42(6)35(38(34)44)13-14-37-41(5)18-15-33(29-31-9-11-32(12-10-31)39(47)48)40(3,4)36(41)17-19-43(37,42)7/h15,29,32,34-38,45H,1,8-14,16-28H2,2-7H3,(H,47,48)/t32?,34-,35+,36-,37+,38+,41-,42+,43+,44-/m0/s1. The van der Waals surface area contributed by atoms with E-state index in [0.29, 0.717) is 34.0 Å². The lowest BCUT2D eigenvalue weighted by molar-refractivity contribution is -0.221. The molecule has 7 aliphatic rings. The molecule has 2 N–H and O–H groups in total. The Labute approximate surface area is 305 Å². The average Bonchev–Trinajstić information content (AvgIpc) is 3.44. The molecule has 50 heavy (non-hydrogen) atoms. The highest BCUT2D eigenvalue weighted by Gasteiger charge is 2.70. The van der Waals surface area contributed by atoms with Crippen LogP contribution in [0.3, 0.4) is 0 Å². The fraction of sp³-hybridized carbons (Fsp3) is 0.818. The van der Waals surface area contributed by atoms with Crippen LogP contribution < -0.4 is 5.32 Å². The number of fused-ring (bicyclic) bond motifs is 7. The van der Waals surface area contributed by atoms with Crippen LogP contribution in [-0.4, -0.2) is 69.3 Å². The number of hydrogen-bond acceptors (Lipinski definition) is 4. The molecule has 0 spiro atoms. The van der Waals surface area contributed by atoms with E-state index in [1.54, 1.807) is 0 Å². The summed E-state index contributed by atoms with van der Waals surface area (Å²) in [7, 11) is -1.85. The van der Waals surface area contributed by atoms with E-state index in [1.165, 1.54) is 74.5 Å². The van der Waals surface area contributed by atoms with Gasteiger partial charge in [0.15, 0.2) is 0 Å². The second kappa shape index (κ2) is 12.9. The van der Waals surface area contributed by atoms with E-state index in [4.69, 9.17) is 0 Å². The summed E-state index contributed by atoms with van der Waals surface area (Å²) in [6, 6.07) is 0. The summed E-state index contributed by atoms with van der Waals surface area (Å²) in [5, 5.41) is 13.8. The number of aliphatic carboxylic acids is 1. The van der Waals surface area contributed by atoms with Gasteiger partial charge in [-0.25, -0.2) is 0 Å². The van der Waals surface area contributed by atoms with Gasteiger partial charge < -0.3 is 15.3 Å². The van der Waals surface area contributed by atoms with Crippen molar-refractivity contribution in [2.45, 2.75) is 131 Å². The molecule has 0 aromatic heterocycles. The predicted molar refractivity (Wildman–Crippen MR) is 210 cm³/mol. The van der Waals surface area contributed by atoms with Gasteiger partial charge in [-0.1, -0.05) is 64.5 Å². The monoisotopic (exact) mass is 707 g/mol. The van der Waals surface area contributed by atoms with E-state index < -0.39 is 15.5 Å². The fourth-order valence-corrected chi connectivity index (χ4v) is 15.8. The first-order valence-corrected chi connectivity index (χ1v) is 22.6. The van der Waals surface area contributed by atoms with Crippen molar-refractivity contribution in [3.8, 4) is 0 Å². The van der Waals surface area contributed by atoms with Gasteiger partial charge in [0, 0.05) is 43.2 Å². The smallest absolute Gasteiger partial charge is 0.306 e. The second-order valence-corrected chi connectivity index (χ2v) is 22.7. The zero-order valence-electron chi connectivity index (χ0n) is 32.6. The minimum absolute atomic E-state index is 0.128. The summed E-state index contributed by atoms with van der Waals surface area (Å²) in [6.45, 7) is 24.1. The summed E-state index contributed by atoms with van der Waals surface area (Å²) in [6.07, 6.45) is 20.3. The number of carboxylic acids is 1. The lowest BCUT2D eigenvalue weighted by atomic mass is 9.33. The molecule has 0 unspecified atom stereocenters. The van der Waals surface area contributed by atoms with Crippen LogP contribution in [0.5, 0.6) is 0 Å². The van der Waals surface area contributed by atoms with Gasteiger partial charge in [0.05, 0.1) is 5.92 Å². The molecule has 1 aliphatic heterocycles. The SMILES string of the molecule is C=C(C)[C@@H]1CC[C@]2(NCCN3CCS(=C)(=O)CC3)CC[C@]3(C)[C@H](CC[C@@H]4[C@@]5(C)CC=C(C=C6CCC(C(=O)O)CC6)C(C)(C)[C@@H]5CC[C@]43C)[C@@H]12. The van der Waals surface area contributed by atoms with Crippen molar-refractivity contribution < 1.29 is 14.1 Å². The van der Waals surface area contributed by atoms with Crippen LogP contribution in [0, 0.1) is 57.2 Å². The molecule has 0 bridgehead atoms. The molecule has 6 aliphatic carbocycles. The van der Waals surface area contributed by atoms with E-state index in [0.717, 1.165) is 75.2 Å². The largest absolute Gasteiger partial charge is 0.481 e. The minimum atomic E-state index is -1.85. The normalized spacial score (nSPS) is 45.3. The third-order valence-corrected chi connectivity index (χ3v) is 19.4. The molecule has 1 heterocycles. The van der Waals surface area contributed by atoms with E-state index in [-0.39, 0.29) is 16.9 Å². The Morgan fingerprint density at radius 3 is 2.32 bits per heavy atom. The van der Waals surface area contributed by atoms with Crippen molar-refractivity contribution in [3.63, 3.8) is 0 Å². The summed E-state index contributed by atoms with van der Waals surface area (Å²) in [4.78, 5) is 14.1. The number of carbonyl (C=O) groups is 1. The maximum Gasteiger partial charge on any atom is 0.306 e. The lowest BCUT2D eigenvalue weighted by Gasteiger charge is -2.72. The minimum Gasteiger partial charge on any atom is -0.481 e. The molecule has 280 valence electrons. The molecular weight excluding hydrogens is 637 g/mol. The fourth-order valence-electron chi connectivity index (χ4n) is 14.4. The van der Waals surface area contributed by atoms with Crippen molar-refractivity contribution in [2.75, 3.05) is 37.7 Å². The quantitative estimate of drug-likeness (QED) is 0.205. The lowest BCUT2D eigenvalue weighted by Crippen LogP contribution is -2.68. The Hall–Kier alpha value is -1.37. The Kier molecular flexibility index (Phi) is 9.53. The van der Waals surface area contributed by atoms with Crippen LogP contribution in [0.25, 0.3) is 0 Å². The van der Waals surface area contributed by atoms with Gasteiger partial charge in [-0.05, 0) is 163 Å². The van der Waals surface area contributed by atoms with Gasteiger partial charge in [0.1, 0.15) is 0 Å². The molecule has 0 aromatic rings. The van der Waals surface area contributed by atoms with E-state index in [9.17, 15) is 14.1 Å². The van der Waals surface area contributed by atoms with Gasteiger partial charge >= 0.3 is 5.97 Å². The highest BCUT2D eigenvalue weighted by Crippen LogP contribution is 2.76. The van der Waals surface area contributed by atoms with Crippen molar-refractivity contribution in [1.82, 2.24) is 10.2 Å². The molecule has 1 saturated heterocycles. The number of nitrogens with zero attached hydrogens (tertiary/aromatic N) is 1. The van der Waals surface area contributed by atoms with Crippen molar-refractivity contribution in [2.24, 2.45) is 57.2 Å².